The quantitative estimate of drug-likeness (QED) is 0.496. The number of nitrogens with zero attached hydrogens (tertiary/aromatic N) is 1. The molecule has 2 aliphatic heterocycles. The zero-order valence-corrected chi connectivity index (χ0v) is 5.60. The Morgan fingerprint density at radius 1 is 1.44 bits per heavy atom. The molecule has 2 saturated heterocycles. The summed E-state index contributed by atoms with van der Waals surface area (Å²) in [6.07, 6.45) is 0. The van der Waals surface area contributed by atoms with Crippen molar-refractivity contribution in [3.63, 3.8) is 0 Å². The van der Waals surface area contributed by atoms with Crippen molar-refractivity contribution in [3.05, 3.63) is 6.92 Å². The molecule has 0 aromatic heterocycles. The molecule has 0 aromatic carbocycles. The molecule has 1 spiro atoms. The van der Waals surface area contributed by atoms with Gasteiger partial charge in [-0.15, -0.1) is 0 Å². The Hall–Kier alpha value is -0.0800. The first-order chi connectivity index (χ1) is 4.35. The van der Waals surface area contributed by atoms with Gasteiger partial charge >= 0.3 is 0 Å². The molecule has 0 saturated carbocycles. The number of hydrogen-bond acceptors (Lipinski definition) is 2. The van der Waals surface area contributed by atoms with Gasteiger partial charge in [-0.2, -0.15) is 0 Å². The van der Waals surface area contributed by atoms with Crippen LogP contribution in [0.3, 0.4) is 0 Å². The molecular formula is C7H12NO. The van der Waals surface area contributed by atoms with Crippen molar-refractivity contribution < 1.29 is 4.74 Å². The minimum atomic E-state index is 0.581. The van der Waals surface area contributed by atoms with Crippen LogP contribution in [0.4, 0.5) is 0 Å². The average Bonchev–Trinajstić information content (AvgIpc) is 1.59. The molecule has 2 heterocycles. The molecule has 2 heteroatoms. The zero-order chi connectivity index (χ0) is 6.32. The van der Waals surface area contributed by atoms with Gasteiger partial charge in [0.25, 0.3) is 0 Å². The highest BCUT2D eigenvalue weighted by molar-refractivity contribution is 4.99. The summed E-state index contributed by atoms with van der Waals surface area (Å²) in [5, 5.41) is 0. The lowest BCUT2D eigenvalue weighted by Crippen LogP contribution is -2.65. The molecule has 2 aliphatic rings. The third-order valence-electron chi connectivity index (χ3n) is 2.25. The Bertz CT molecular complexity index is 112. The molecule has 0 bridgehead atoms. The van der Waals surface area contributed by atoms with E-state index in [1.165, 1.54) is 13.1 Å². The van der Waals surface area contributed by atoms with Crippen LogP contribution in [0, 0.1) is 12.3 Å². The lowest BCUT2D eigenvalue weighted by molar-refractivity contribution is -0.186. The van der Waals surface area contributed by atoms with Crippen molar-refractivity contribution >= 4 is 0 Å². The Kier molecular flexibility index (Phi) is 1.08. The third kappa shape index (κ3) is 0.700. The molecule has 2 fully saturated rings. The lowest BCUT2D eigenvalue weighted by atomic mass is 9.78. The fourth-order valence-corrected chi connectivity index (χ4v) is 1.63. The summed E-state index contributed by atoms with van der Waals surface area (Å²) in [7, 11) is 0. The highest BCUT2D eigenvalue weighted by Crippen LogP contribution is 2.36. The molecule has 2 rings (SSSR count). The number of hydrogen-bond donors (Lipinski definition) is 0. The predicted molar refractivity (Wildman–Crippen MR) is 35.0 cm³/mol. The van der Waals surface area contributed by atoms with Gasteiger partial charge in [-0.1, -0.05) is 0 Å². The van der Waals surface area contributed by atoms with Crippen LogP contribution in [0.1, 0.15) is 0 Å². The number of rotatable bonds is 1. The van der Waals surface area contributed by atoms with Crippen molar-refractivity contribution in [2.75, 3.05) is 32.8 Å². The maximum Gasteiger partial charge on any atom is 0.0569 e. The minimum Gasteiger partial charge on any atom is -0.380 e. The van der Waals surface area contributed by atoms with E-state index in [9.17, 15) is 0 Å². The van der Waals surface area contributed by atoms with Gasteiger partial charge in [0, 0.05) is 18.5 Å². The molecule has 0 atom stereocenters. The van der Waals surface area contributed by atoms with E-state index in [-0.39, 0.29) is 0 Å². The molecule has 0 aliphatic carbocycles. The molecule has 0 N–H and O–H groups in total. The fraction of sp³-hybridized carbons (Fsp3) is 0.857. The molecule has 2 nitrogen and oxygen atoms in total. The molecule has 0 aromatic rings. The van der Waals surface area contributed by atoms with E-state index in [0.29, 0.717) is 5.41 Å². The van der Waals surface area contributed by atoms with Gasteiger partial charge < -0.3 is 9.64 Å². The minimum absolute atomic E-state index is 0.581. The molecule has 1 radical (unpaired) electrons. The topological polar surface area (TPSA) is 12.5 Å². The van der Waals surface area contributed by atoms with Gasteiger partial charge in [0.2, 0.25) is 0 Å². The fourth-order valence-electron chi connectivity index (χ4n) is 1.63. The van der Waals surface area contributed by atoms with Crippen molar-refractivity contribution in [1.82, 2.24) is 4.90 Å². The SMILES string of the molecule is [CH2]CN1CC2(COC2)C1. The average molecular weight is 126 g/mol. The predicted octanol–water partition coefficient (Wildman–Crippen LogP) is 0.153. The molecule has 0 amide bonds. The van der Waals surface area contributed by atoms with Crippen LogP contribution in [-0.2, 0) is 4.74 Å². The Morgan fingerprint density at radius 2 is 2.11 bits per heavy atom. The third-order valence-corrected chi connectivity index (χ3v) is 2.25. The number of likely N-dealkylation sites (tertiary alicyclic amines) is 1. The highest BCUT2D eigenvalue weighted by atomic mass is 16.5. The Labute approximate surface area is 55.8 Å². The van der Waals surface area contributed by atoms with E-state index in [2.05, 4.69) is 11.8 Å². The van der Waals surface area contributed by atoms with Crippen LogP contribution in [-0.4, -0.2) is 37.7 Å². The first kappa shape index (κ1) is 5.69. The van der Waals surface area contributed by atoms with E-state index in [4.69, 9.17) is 4.74 Å². The van der Waals surface area contributed by atoms with Crippen molar-refractivity contribution in [1.29, 1.82) is 0 Å². The van der Waals surface area contributed by atoms with Crippen LogP contribution in [0.15, 0.2) is 0 Å². The molecule has 0 unspecified atom stereocenters. The van der Waals surface area contributed by atoms with Crippen LogP contribution < -0.4 is 0 Å². The van der Waals surface area contributed by atoms with Crippen molar-refractivity contribution in [2.45, 2.75) is 0 Å². The van der Waals surface area contributed by atoms with Gasteiger partial charge in [0.1, 0.15) is 0 Å². The summed E-state index contributed by atoms with van der Waals surface area (Å²) in [5.74, 6) is 0. The second-order valence-electron chi connectivity index (χ2n) is 3.20. The van der Waals surface area contributed by atoms with E-state index in [0.717, 1.165) is 19.8 Å². The second kappa shape index (κ2) is 1.70. The summed E-state index contributed by atoms with van der Waals surface area (Å²) in [5.41, 5.74) is 0.581. The molecular weight excluding hydrogens is 114 g/mol. The van der Waals surface area contributed by atoms with Crippen molar-refractivity contribution in [3.8, 4) is 0 Å². The van der Waals surface area contributed by atoms with E-state index < -0.39 is 0 Å². The van der Waals surface area contributed by atoms with Gasteiger partial charge in [0.05, 0.1) is 13.2 Å². The first-order valence-electron chi connectivity index (χ1n) is 3.44. The Morgan fingerprint density at radius 3 is 2.44 bits per heavy atom. The summed E-state index contributed by atoms with van der Waals surface area (Å²) in [4.78, 5) is 2.35. The smallest absolute Gasteiger partial charge is 0.0569 e. The van der Waals surface area contributed by atoms with E-state index >= 15 is 0 Å². The van der Waals surface area contributed by atoms with Gasteiger partial charge in [-0.3, -0.25) is 0 Å². The van der Waals surface area contributed by atoms with Crippen LogP contribution in [0.5, 0.6) is 0 Å². The van der Waals surface area contributed by atoms with Crippen LogP contribution in [0.25, 0.3) is 0 Å². The summed E-state index contributed by atoms with van der Waals surface area (Å²) in [6.45, 7) is 9.19. The van der Waals surface area contributed by atoms with E-state index in [1.54, 1.807) is 0 Å². The van der Waals surface area contributed by atoms with Gasteiger partial charge in [-0.25, -0.2) is 0 Å². The maximum atomic E-state index is 5.13. The second-order valence-corrected chi connectivity index (χ2v) is 3.20. The maximum absolute atomic E-state index is 5.13. The Balaban J connectivity index is 1.82. The first-order valence-corrected chi connectivity index (χ1v) is 3.44. The summed E-state index contributed by atoms with van der Waals surface area (Å²) < 4.78 is 5.13. The van der Waals surface area contributed by atoms with Crippen LogP contribution >= 0.6 is 0 Å². The zero-order valence-electron chi connectivity index (χ0n) is 5.60. The van der Waals surface area contributed by atoms with Gasteiger partial charge in [-0.05, 0) is 13.5 Å². The molecule has 9 heavy (non-hydrogen) atoms. The van der Waals surface area contributed by atoms with Gasteiger partial charge in [0.15, 0.2) is 0 Å². The standard InChI is InChI=1S/C7H12NO/c1-2-8-3-7(4-8)5-9-6-7/h1-6H2. The highest BCUT2D eigenvalue weighted by Gasteiger charge is 2.47. The van der Waals surface area contributed by atoms with Crippen molar-refractivity contribution in [2.24, 2.45) is 5.41 Å². The largest absolute Gasteiger partial charge is 0.380 e. The van der Waals surface area contributed by atoms with E-state index in [1.807, 2.05) is 0 Å². The summed E-state index contributed by atoms with van der Waals surface area (Å²) >= 11 is 0. The monoisotopic (exact) mass is 126 g/mol. The summed E-state index contributed by atoms with van der Waals surface area (Å²) in [6, 6.07) is 0. The number of ether oxygens (including phenoxy) is 1. The lowest BCUT2D eigenvalue weighted by Gasteiger charge is -2.54. The molecule has 51 valence electrons. The normalized spacial score (nSPS) is 31.7. The van der Waals surface area contributed by atoms with Crippen LogP contribution in [0.2, 0.25) is 0 Å².